The molecule has 0 unspecified atom stereocenters. The molecule has 5 rings (SSSR count). The number of nitrogens with one attached hydrogen (secondary N) is 2. The Bertz CT molecular complexity index is 1810. The number of pyridine rings is 1. The summed E-state index contributed by atoms with van der Waals surface area (Å²) in [6.07, 6.45) is 9.51. The van der Waals surface area contributed by atoms with Gasteiger partial charge in [0.25, 0.3) is 0 Å². The Kier molecular flexibility index (Phi) is 7.07. The third-order valence-electron chi connectivity index (χ3n) is 6.22. The fraction of sp³-hybridized carbons (Fsp3) is 0.207. The molecule has 0 aliphatic heterocycles. The van der Waals surface area contributed by atoms with E-state index in [4.69, 9.17) is 9.52 Å². The summed E-state index contributed by atoms with van der Waals surface area (Å²) in [6, 6.07) is 12.3. The molecule has 0 saturated heterocycles. The minimum Gasteiger partial charge on any atom is -0.456 e. The van der Waals surface area contributed by atoms with Crippen LogP contribution in [0.1, 0.15) is 31.9 Å². The average molecular weight is 556 g/mol. The van der Waals surface area contributed by atoms with Crippen LogP contribution in [0, 0.1) is 11.7 Å². The lowest BCUT2D eigenvalue weighted by Crippen LogP contribution is -2.22. The Morgan fingerprint density at radius 2 is 1.85 bits per heavy atom. The van der Waals surface area contributed by atoms with Crippen molar-refractivity contribution in [2.45, 2.75) is 49.6 Å². The first-order valence-corrected chi connectivity index (χ1v) is 14.1. The number of aryl methyl sites for hydroxylation is 1. The molecule has 5 aromatic rings. The van der Waals surface area contributed by atoms with Gasteiger partial charge in [-0.25, -0.2) is 14.0 Å². The van der Waals surface area contributed by atoms with Crippen molar-refractivity contribution >= 4 is 32.2 Å². The van der Waals surface area contributed by atoms with Crippen molar-refractivity contribution in [3.8, 4) is 11.5 Å². The normalized spacial score (nSPS) is 13.1. The first-order chi connectivity index (χ1) is 19.0. The van der Waals surface area contributed by atoms with E-state index in [0.29, 0.717) is 28.1 Å². The monoisotopic (exact) mass is 555 g/mol. The van der Waals surface area contributed by atoms with Gasteiger partial charge in [0.05, 0.1) is 40.5 Å². The summed E-state index contributed by atoms with van der Waals surface area (Å²) in [4.78, 5) is 25.3. The smallest absolute Gasteiger partial charge is 0.228 e. The number of fused-ring (bicyclic) bond motifs is 1. The van der Waals surface area contributed by atoms with E-state index in [2.05, 4.69) is 25.4 Å². The molecule has 0 fully saturated rings. The zero-order chi connectivity index (χ0) is 28.5. The Morgan fingerprint density at radius 3 is 2.55 bits per heavy atom. The molecule has 0 aliphatic carbocycles. The van der Waals surface area contributed by atoms with Crippen molar-refractivity contribution in [1.29, 1.82) is 4.78 Å². The highest BCUT2D eigenvalue weighted by atomic mass is 32.2. The van der Waals surface area contributed by atoms with Gasteiger partial charge in [-0.15, -0.1) is 0 Å². The van der Waals surface area contributed by atoms with Gasteiger partial charge >= 0.3 is 0 Å². The van der Waals surface area contributed by atoms with Gasteiger partial charge < -0.3 is 10.1 Å². The molecular weight excluding hydrogens is 526 g/mol. The molecule has 204 valence electrons. The second-order valence-corrected chi connectivity index (χ2v) is 12.4. The van der Waals surface area contributed by atoms with Gasteiger partial charge in [-0.3, -0.25) is 19.4 Å². The van der Waals surface area contributed by atoms with E-state index in [-0.39, 0.29) is 27.8 Å². The molecule has 3 aromatic heterocycles. The number of benzene rings is 2. The molecule has 40 heavy (non-hydrogen) atoms. The average Bonchev–Trinajstić information content (AvgIpc) is 3.39. The molecule has 0 spiro atoms. The molecule has 0 bridgehead atoms. The Labute approximate surface area is 232 Å². The maximum atomic E-state index is 13.3. The minimum atomic E-state index is -3.37. The minimum absolute atomic E-state index is 0.0826. The number of hydrogen-bond donors (Lipinski definition) is 2. The van der Waals surface area contributed by atoms with Crippen LogP contribution in [0.15, 0.2) is 89.6 Å². The van der Waals surface area contributed by atoms with Crippen LogP contribution in [0.3, 0.4) is 0 Å². The summed E-state index contributed by atoms with van der Waals surface area (Å²) in [5.74, 6) is 0.968. The lowest BCUT2D eigenvalue weighted by Gasteiger charge is -2.18. The number of ether oxygens (including phenoxy) is 1. The molecule has 3 heterocycles. The number of hydrogen-bond acceptors (Lipinski definition) is 8. The topological polar surface area (TPSA) is 136 Å². The molecular formula is C29H29N7O3S. The van der Waals surface area contributed by atoms with E-state index in [1.807, 2.05) is 56.8 Å². The Hall–Kier alpha value is -4.64. The second kappa shape index (κ2) is 10.5. The molecule has 0 saturated carbocycles. The summed E-state index contributed by atoms with van der Waals surface area (Å²) in [5, 5.41) is 7.91. The quantitative estimate of drug-likeness (QED) is 0.262. The van der Waals surface area contributed by atoms with Crippen LogP contribution >= 0.6 is 0 Å². The third-order valence-corrected chi connectivity index (χ3v) is 7.93. The van der Waals surface area contributed by atoms with Crippen molar-refractivity contribution in [3.63, 3.8) is 0 Å². The number of anilines is 1. The fourth-order valence-electron chi connectivity index (χ4n) is 4.12. The highest BCUT2D eigenvalue weighted by molar-refractivity contribution is 7.92. The van der Waals surface area contributed by atoms with Crippen molar-refractivity contribution in [2.24, 2.45) is 0 Å². The molecule has 10 nitrogen and oxygen atoms in total. The molecule has 2 aromatic carbocycles. The first-order valence-electron chi connectivity index (χ1n) is 12.6. The number of amides is 1. The maximum Gasteiger partial charge on any atom is 0.228 e. The van der Waals surface area contributed by atoms with Gasteiger partial charge in [0.15, 0.2) is 5.03 Å². The number of nitrogens with zero attached hydrogens (tertiary/aromatic N) is 5. The lowest BCUT2D eigenvalue weighted by atomic mass is 10.1. The maximum absolute atomic E-state index is 13.3. The zero-order valence-corrected chi connectivity index (χ0v) is 23.4. The van der Waals surface area contributed by atoms with Crippen LogP contribution in [-0.4, -0.2) is 34.8 Å². The lowest BCUT2D eigenvalue weighted by molar-refractivity contribution is -0.115. The molecule has 1 atom stereocenters. The van der Waals surface area contributed by atoms with Gasteiger partial charge in [-0.05, 0) is 69.2 Å². The van der Waals surface area contributed by atoms with Crippen LogP contribution in [0.5, 0.6) is 11.5 Å². The number of carbonyl (C=O) groups excluding carboxylic acids is 1. The molecule has 0 radical (unpaired) electrons. The second-order valence-electron chi connectivity index (χ2n) is 10.4. The molecule has 11 heteroatoms. The predicted molar refractivity (Wildman–Crippen MR) is 152 cm³/mol. The largest absolute Gasteiger partial charge is 0.456 e. The molecule has 2 N–H and O–H groups in total. The first kappa shape index (κ1) is 26.9. The van der Waals surface area contributed by atoms with Crippen LogP contribution in [0.2, 0.25) is 0 Å². The van der Waals surface area contributed by atoms with Crippen LogP contribution < -0.4 is 10.1 Å². The Balaban J connectivity index is 1.35. The summed E-state index contributed by atoms with van der Waals surface area (Å²) >= 11 is 0. The van der Waals surface area contributed by atoms with Crippen LogP contribution in [0.4, 0.5) is 5.69 Å². The third kappa shape index (κ3) is 5.69. The van der Waals surface area contributed by atoms with E-state index in [0.717, 1.165) is 11.1 Å². The van der Waals surface area contributed by atoms with Gasteiger partial charge in [0.1, 0.15) is 21.2 Å². The zero-order valence-electron chi connectivity index (χ0n) is 22.6. The fourth-order valence-corrected chi connectivity index (χ4v) is 5.33. The molecule has 0 aliphatic rings. The number of rotatable bonds is 7. The van der Waals surface area contributed by atoms with E-state index in [1.54, 1.807) is 36.7 Å². The van der Waals surface area contributed by atoms with Crippen molar-refractivity contribution in [3.05, 3.63) is 90.8 Å². The summed E-state index contributed by atoms with van der Waals surface area (Å²) in [7, 11) is -3.37. The predicted octanol–water partition coefficient (Wildman–Crippen LogP) is 5.72. The van der Waals surface area contributed by atoms with Crippen molar-refractivity contribution in [2.75, 3.05) is 5.32 Å². The van der Waals surface area contributed by atoms with Crippen LogP contribution in [0.25, 0.3) is 10.9 Å². The van der Waals surface area contributed by atoms with Crippen molar-refractivity contribution in [1.82, 2.24) is 24.7 Å². The van der Waals surface area contributed by atoms with Gasteiger partial charge in [-0.1, -0.05) is 12.1 Å². The standard InChI is InChI=1S/C29H29N7O3S/c1-19-13-20(14-27(37)35-21-16-34-36(18-21)29(2,3)4)5-8-25(19)39-26-9-10-32-24-7-6-22(15-23(24)26)40(30,38)28-17-31-11-12-33-28/h5-13,15-18,30H,14H2,1-4H3,(H,35,37)/t40-/m0/s1. The van der Waals surface area contributed by atoms with E-state index in [1.165, 1.54) is 18.6 Å². The number of carbonyl (C=O) groups is 1. The summed E-state index contributed by atoms with van der Waals surface area (Å²) < 4.78 is 29.9. The van der Waals surface area contributed by atoms with E-state index >= 15 is 0 Å². The molecule has 1 amide bonds. The van der Waals surface area contributed by atoms with Crippen LogP contribution in [-0.2, 0) is 26.5 Å². The highest BCUT2D eigenvalue weighted by Gasteiger charge is 2.18. The number of aromatic nitrogens is 5. The van der Waals surface area contributed by atoms with Gasteiger partial charge in [0, 0.05) is 30.2 Å². The van der Waals surface area contributed by atoms with E-state index < -0.39 is 9.73 Å². The van der Waals surface area contributed by atoms with Crippen molar-refractivity contribution < 1.29 is 13.7 Å². The van der Waals surface area contributed by atoms with Gasteiger partial charge in [0.2, 0.25) is 5.91 Å². The summed E-state index contributed by atoms with van der Waals surface area (Å²) in [6.45, 7) is 8.03. The Morgan fingerprint density at radius 1 is 1.02 bits per heavy atom. The SMILES string of the molecule is Cc1cc(CC(=O)Nc2cnn(C(C)(C)C)c2)ccc1Oc1ccnc2ccc([S@](=N)(=O)c3cnccn3)cc12. The summed E-state index contributed by atoms with van der Waals surface area (Å²) in [5.41, 5.74) is 2.79. The van der Waals surface area contributed by atoms with Gasteiger partial charge in [-0.2, -0.15) is 5.10 Å². The van der Waals surface area contributed by atoms with E-state index in [9.17, 15) is 9.00 Å². The highest BCUT2D eigenvalue weighted by Crippen LogP contribution is 2.33.